The average molecular weight is 692 g/mol. The molecule has 4 heterocycles. The minimum Gasteiger partial charge on any atom is -0.493 e. The Balaban J connectivity index is 0.00000239. The van der Waals surface area contributed by atoms with Gasteiger partial charge in [0, 0.05) is 50.6 Å². The molecule has 3 atom stereocenters. The fraction of sp³-hybridized carbons (Fsp3) is 0.615. The summed E-state index contributed by atoms with van der Waals surface area (Å²) in [6.07, 6.45) is 8.09. The lowest BCUT2D eigenvalue weighted by molar-refractivity contribution is 0.0774. The first kappa shape index (κ1) is 37.4. The molecule has 3 unspecified atom stereocenters. The second kappa shape index (κ2) is 18.4. The Morgan fingerprint density at radius 3 is 2.06 bits per heavy atom. The summed E-state index contributed by atoms with van der Waals surface area (Å²) in [6, 6.07) is 9.77. The van der Waals surface area contributed by atoms with Crippen LogP contribution in [0.25, 0.3) is 0 Å². The Bertz CT molecular complexity index is 1470. The van der Waals surface area contributed by atoms with Gasteiger partial charge in [0.25, 0.3) is 5.91 Å². The van der Waals surface area contributed by atoms with Crippen molar-refractivity contribution in [3.63, 3.8) is 0 Å². The smallest absolute Gasteiger partial charge is 0.256 e. The van der Waals surface area contributed by atoms with Crippen molar-refractivity contribution in [3.05, 3.63) is 41.5 Å². The van der Waals surface area contributed by atoms with Crippen LogP contribution in [0.3, 0.4) is 0 Å². The van der Waals surface area contributed by atoms with E-state index in [0.717, 1.165) is 95.7 Å². The Kier molecular flexibility index (Phi) is 13.8. The van der Waals surface area contributed by atoms with E-state index in [1.54, 1.807) is 20.3 Å². The molecule has 0 N–H and O–H groups in total. The molecule has 274 valence electrons. The molecule has 11 heteroatoms. The molecule has 2 fully saturated rings. The van der Waals surface area contributed by atoms with Crippen molar-refractivity contribution in [2.75, 3.05) is 73.2 Å². The molecule has 0 bridgehead atoms. The van der Waals surface area contributed by atoms with Crippen molar-refractivity contribution < 1.29 is 28.5 Å². The van der Waals surface area contributed by atoms with E-state index in [2.05, 4.69) is 26.7 Å². The summed E-state index contributed by atoms with van der Waals surface area (Å²) >= 11 is 0. The van der Waals surface area contributed by atoms with Crippen LogP contribution < -0.4 is 18.9 Å². The number of ether oxygens (including phenoxy) is 5. The van der Waals surface area contributed by atoms with E-state index in [-0.39, 0.29) is 24.1 Å². The summed E-state index contributed by atoms with van der Waals surface area (Å²) in [6.45, 7) is 16.7. The van der Waals surface area contributed by atoms with Crippen LogP contribution in [0.15, 0.2) is 40.3 Å². The molecule has 1 amide bonds. The molecule has 0 radical (unpaired) electrons. The third-order valence-corrected chi connectivity index (χ3v) is 9.88. The summed E-state index contributed by atoms with van der Waals surface area (Å²) in [5.74, 6) is 3.38. The zero-order valence-electron chi connectivity index (χ0n) is 31.0. The molecule has 0 aliphatic carbocycles. The van der Waals surface area contributed by atoms with Crippen molar-refractivity contribution in [1.29, 1.82) is 0 Å². The third kappa shape index (κ3) is 9.28. The zero-order valence-corrected chi connectivity index (χ0v) is 31.0. The number of hydrogen-bond acceptors (Lipinski definition) is 10. The van der Waals surface area contributed by atoms with Crippen LogP contribution in [0.2, 0.25) is 0 Å². The first-order valence-electron chi connectivity index (χ1n) is 18.6. The number of carbonyl (C=O) groups excluding carboxylic acids is 1. The fourth-order valence-corrected chi connectivity index (χ4v) is 6.75. The molecular weight excluding hydrogens is 634 g/mol. The van der Waals surface area contributed by atoms with E-state index in [4.69, 9.17) is 23.7 Å². The Labute approximate surface area is 298 Å². The number of hydrogen-bond donors (Lipinski definition) is 0. The molecule has 2 aromatic rings. The maximum atomic E-state index is 13.1. The Morgan fingerprint density at radius 2 is 1.44 bits per heavy atom. The molecule has 4 aliphatic heterocycles. The minimum absolute atomic E-state index is 0.0263. The summed E-state index contributed by atoms with van der Waals surface area (Å²) < 4.78 is 29.3. The summed E-state index contributed by atoms with van der Waals surface area (Å²) in [7, 11) is 3.28. The number of nitrogens with zero attached hydrogens (tertiary/aromatic N) is 5. The maximum Gasteiger partial charge on any atom is 0.256 e. The summed E-state index contributed by atoms with van der Waals surface area (Å²) in [4.78, 5) is 29.4. The SMILES string of the molecule is CC.COc1cc(C2=NC(C)C(C)O2)ccc1OCCCCN1CCN(CCCCOc2cc3c(cc2OC)C(=O)N2CCCC2C=N3)CC1. The lowest BCUT2D eigenvalue weighted by atomic mass is 10.1. The van der Waals surface area contributed by atoms with Gasteiger partial charge in [-0.05, 0) is 89.7 Å². The predicted octanol–water partition coefficient (Wildman–Crippen LogP) is 6.24. The highest BCUT2D eigenvalue weighted by Gasteiger charge is 2.32. The van der Waals surface area contributed by atoms with Gasteiger partial charge in [0.1, 0.15) is 6.10 Å². The van der Waals surface area contributed by atoms with E-state index in [1.165, 1.54) is 0 Å². The zero-order chi connectivity index (χ0) is 35.5. The van der Waals surface area contributed by atoms with Crippen LogP contribution in [0.1, 0.15) is 82.1 Å². The highest BCUT2D eigenvalue weighted by atomic mass is 16.5. The molecule has 0 spiro atoms. The van der Waals surface area contributed by atoms with Crippen LogP contribution in [-0.2, 0) is 4.74 Å². The van der Waals surface area contributed by atoms with Gasteiger partial charge in [0.15, 0.2) is 23.0 Å². The van der Waals surface area contributed by atoms with Gasteiger partial charge in [-0.2, -0.15) is 0 Å². The second-order valence-electron chi connectivity index (χ2n) is 13.2. The monoisotopic (exact) mass is 691 g/mol. The molecule has 2 saturated heterocycles. The van der Waals surface area contributed by atoms with Crippen LogP contribution in [0.4, 0.5) is 5.69 Å². The lowest BCUT2D eigenvalue weighted by Crippen LogP contribution is -2.46. The number of methoxy groups -OCH3 is 2. The van der Waals surface area contributed by atoms with Crippen molar-refractivity contribution >= 4 is 23.7 Å². The van der Waals surface area contributed by atoms with Gasteiger partial charge in [-0.1, -0.05) is 13.8 Å². The Hall–Kier alpha value is -3.83. The van der Waals surface area contributed by atoms with Gasteiger partial charge in [0.05, 0.1) is 50.8 Å². The summed E-state index contributed by atoms with van der Waals surface area (Å²) in [5.41, 5.74) is 2.17. The van der Waals surface area contributed by atoms with Crippen molar-refractivity contribution in [1.82, 2.24) is 14.7 Å². The van der Waals surface area contributed by atoms with E-state index in [0.29, 0.717) is 47.6 Å². The molecule has 11 nitrogen and oxygen atoms in total. The highest BCUT2D eigenvalue weighted by molar-refractivity contribution is 6.03. The third-order valence-electron chi connectivity index (χ3n) is 9.88. The number of carbonyl (C=O) groups is 1. The quantitative estimate of drug-likeness (QED) is 0.203. The van der Waals surface area contributed by atoms with Crippen molar-refractivity contribution in [2.24, 2.45) is 9.98 Å². The molecular formula is C39H57N5O6. The number of benzene rings is 2. The second-order valence-corrected chi connectivity index (χ2v) is 13.2. The molecule has 0 saturated carbocycles. The topological polar surface area (TPSA) is 97.7 Å². The van der Waals surface area contributed by atoms with Gasteiger partial charge in [-0.25, -0.2) is 4.99 Å². The van der Waals surface area contributed by atoms with Gasteiger partial charge in [0.2, 0.25) is 5.90 Å². The minimum atomic E-state index is 0.0263. The van der Waals surface area contributed by atoms with E-state index in [9.17, 15) is 4.79 Å². The number of unbranched alkanes of at least 4 members (excludes halogenated alkanes) is 2. The fourth-order valence-electron chi connectivity index (χ4n) is 6.75. The number of amides is 1. The van der Waals surface area contributed by atoms with E-state index < -0.39 is 0 Å². The van der Waals surface area contributed by atoms with Gasteiger partial charge in [-0.15, -0.1) is 0 Å². The van der Waals surface area contributed by atoms with Gasteiger partial charge in [-0.3, -0.25) is 9.79 Å². The molecule has 6 rings (SSSR count). The van der Waals surface area contributed by atoms with Crippen LogP contribution in [0, 0.1) is 0 Å². The first-order valence-corrected chi connectivity index (χ1v) is 18.6. The standard InChI is InChI=1S/C37H51N5O6.C2H6/c1-26-27(2)48-36(39-26)28-11-12-32(33(22-28)44-3)46-20-7-5-13-40-16-18-41(19-17-40)14-6-8-21-47-35-24-31-30(23-34(35)45-4)37(43)42-15-9-10-29(42)25-38-31;1-2/h11-12,22-27,29H,5-10,13-21H2,1-4H3;1-2H3. The van der Waals surface area contributed by atoms with Crippen molar-refractivity contribution in [2.45, 2.75) is 84.4 Å². The highest BCUT2D eigenvalue weighted by Crippen LogP contribution is 2.38. The van der Waals surface area contributed by atoms with Gasteiger partial charge < -0.3 is 38.4 Å². The summed E-state index contributed by atoms with van der Waals surface area (Å²) in [5, 5.41) is 0. The largest absolute Gasteiger partial charge is 0.493 e. The van der Waals surface area contributed by atoms with Crippen molar-refractivity contribution in [3.8, 4) is 23.0 Å². The average Bonchev–Trinajstić information content (AvgIpc) is 3.73. The molecule has 0 aromatic heterocycles. The van der Waals surface area contributed by atoms with E-state index in [1.807, 2.05) is 56.2 Å². The number of piperazine rings is 1. The molecule has 2 aromatic carbocycles. The van der Waals surface area contributed by atoms with E-state index >= 15 is 0 Å². The molecule has 4 aliphatic rings. The lowest BCUT2D eigenvalue weighted by Gasteiger charge is -2.34. The Morgan fingerprint density at radius 1 is 0.800 bits per heavy atom. The van der Waals surface area contributed by atoms with Crippen LogP contribution in [0.5, 0.6) is 23.0 Å². The van der Waals surface area contributed by atoms with Crippen LogP contribution >= 0.6 is 0 Å². The number of aliphatic imine (C=N–C) groups is 2. The van der Waals surface area contributed by atoms with Gasteiger partial charge >= 0.3 is 0 Å². The predicted molar refractivity (Wildman–Crippen MR) is 198 cm³/mol. The maximum absolute atomic E-state index is 13.1. The molecule has 50 heavy (non-hydrogen) atoms. The normalized spacial score (nSPS) is 21.7. The first-order chi connectivity index (χ1) is 24.4. The number of rotatable bonds is 15. The number of fused-ring (bicyclic) bond motifs is 2. The van der Waals surface area contributed by atoms with Crippen LogP contribution in [-0.4, -0.2) is 124 Å².